The molecule has 0 atom stereocenters. The monoisotopic (exact) mass is 564 g/mol. The maximum Gasteiger partial charge on any atom is 0.303 e. The summed E-state index contributed by atoms with van der Waals surface area (Å²) in [6, 6.07) is 16.1. The van der Waals surface area contributed by atoms with Gasteiger partial charge in [0.1, 0.15) is 21.3 Å². The number of halogens is 1. The fourth-order valence-electron chi connectivity index (χ4n) is 4.17. The summed E-state index contributed by atoms with van der Waals surface area (Å²) in [5.41, 5.74) is 2.29. The van der Waals surface area contributed by atoms with E-state index in [9.17, 15) is 22.4 Å². The Labute approximate surface area is 226 Å². The van der Waals surface area contributed by atoms with E-state index >= 15 is 0 Å². The van der Waals surface area contributed by atoms with E-state index in [4.69, 9.17) is 9.84 Å². The molecule has 0 bridgehead atoms. The zero-order valence-electron chi connectivity index (χ0n) is 20.5. The number of aryl methyl sites for hydroxylation is 1. The predicted octanol–water partition coefficient (Wildman–Crippen LogP) is 5.87. The van der Waals surface area contributed by atoms with Crippen LogP contribution in [0.1, 0.15) is 28.0 Å². The molecule has 2 heterocycles. The zero-order chi connectivity index (χ0) is 27.7. The number of hydrogen-bond acceptors (Lipinski definition) is 7. The highest BCUT2D eigenvalue weighted by Gasteiger charge is 2.24. The Morgan fingerprint density at radius 3 is 2.67 bits per heavy atom. The number of sulfone groups is 1. The number of carbonyl (C=O) groups excluding carboxylic acids is 1. The smallest absolute Gasteiger partial charge is 0.303 e. The number of nitrogens with zero attached hydrogens (tertiary/aromatic N) is 1. The number of fused-ring (bicyclic) bond motifs is 1. The standard InChI is InChI=1S/C28H21FN2O6S2/c1-39(35,36)27-20-10-11-30-22(20)14-21(29)26(27)37-19-7-3-6-18(13-19)28-31-23(15-38-28)25(34)17-5-2-4-16(12-17)8-9-24(32)33/h2-7,10-15,30H,8-9H2,1H3,(H,32,33). The number of aliphatic carboxylic acids is 1. The van der Waals surface area contributed by atoms with Gasteiger partial charge in [0.15, 0.2) is 21.4 Å². The number of benzene rings is 3. The van der Waals surface area contributed by atoms with Crippen molar-refractivity contribution in [1.29, 1.82) is 0 Å². The molecule has 198 valence electrons. The normalized spacial score (nSPS) is 11.5. The zero-order valence-corrected chi connectivity index (χ0v) is 22.1. The first kappa shape index (κ1) is 26.3. The van der Waals surface area contributed by atoms with Crippen LogP contribution in [0, 0.1) is 5.82 Å². The molecule has 0 aliphatic heterocycles. The van der Waals surface area contributed by atoms with E-state index in [1.165, 1.54) is 23.6 Å². The van der Waals surface area contributed by atoms with Crippen molar-refractivity contribution in [2.45, 2.75) is 17.7 Å². The van der Waals surface area contributed by atoms with Gasteiger partial charge in [-0.1, -0.05) is 30.3 Å². The van der Waals surface area contributed by atoms with Crippen LogP contribution in [-0.2, 0) is 21.1 Å². The van der Waals surface area contributed by atoms with Crippen LogP contribution in [0.5, 0.6) is 11.5 Å². The summed E-state index contributed by atoms with van der Waals surface area (Å²) in [5.74, 6) is -2.26. The third kappa shape index (κ3) is 5.59. The number of nitrogens with one attached hydrogen (secondary N) is 1. The van der Waals surface area contributed by atoms with Gasteiger partial charge < -0.3 is 14.8 Å². The van der Waals surface area contributed by atoms with Crippen molar-refractivity contribution in [3.63, 3.8) is 0 Å². The molecule has 3 aromatic carbocycles. The molecule has 5 aromatic rings. The molecule has 0 amide bonds. The molecule has 5 rings (SSSR count). The fourth-order valence-corrected chi connectivity index (χ4v) is 6.02. The Hall–Kier alpha value is -4.35. The van der Waals surface area contributed by atoms with E-state index < -0.39 is 27.4 Å². The van der Waals surface area contributed by atoms with E-state index in [-0.39, 0.29) is 28.5 Å². The van der Waals surface area contributed by atoms with Crippen LogP contribution in [0.3, 0.4) is 0 Å². The van der Waals surface area contributed by atoms with E-state index in [0.717, 1.165) is 11.8 Å². The second-order valence-corrected chi connectivity index (χ2v) is 11.6. The van der Waals surface area contributed by atoms with Crippen LogP contribution < -0.4 is 4.74 Å². The van der Waals surface area contributed by atoms with Gasteiger partial charge in [0.05, 0.1) is 0 Å². The van der Waals surface area contributed by atoms with Crippen molar-refractivity contribution in [2.75, 3.05) is 6.26 Å². The fraction of sp³-hybridized carbons (Fsp3) is 0.107. The van der Waals surface area contributed by atoms with Gasteiger partial charge in [-0.15, -0.1) is 11.3 Å². The molecule has 0 saturated heterocycles. The number of carboxylic acid groups (broad SMARTS) is 1. The molecule has 0 saturated carbocycles. The number of hydrogen-bond donors (Lipinski definition) is 2. The minimum Gasteiger partial charge on any atom is -0.481 e. The maximum atomic E-state index is 15.0. The molecule has 2 N–H and O–H groups in total. The molecule has 8 nitrogen and oxygen atoms in total. The van der Waals surface area contributed by atoms with Gasteiger partial charge in [0.2, 0.25) is 5.78 Å². The van der Waals surface area contributed by atoms with E-state index in [1.807, 2.05) is 0 Å². The van der Waals surface area contributed by atoms with Crippen molar-refractivity contribution in [3.05, 3.63) is 94.9 Å². The molecule has 0 aliphatic carbocycles. The molecule has 0 spiro atoms. The molecule has 0 unspecified atom stereocenters. The maximum absolute atomic E-state index is 15.0. The minimum atomic E-state index is -3.84. The lowest BCUT2D eigenvalue weighted by atomic mass is 10.0. The molecule has 0 aliphatic rings. The lowest BCUT2D eigenvalue weighted by molar-refractivity contribution is -0.136. The first-order valence-electron chi connectivity index (χ1n) is 11.7. The molecule has 2 aromatic heterocycles. The van der Waals surface area contributed by atoms with E-state index in [0.29, 0.717) is 33.5 Å². The summed E-state index contributed by atoms with van der Waals surface area (Å²) in [6.07, 6.45) is 2.79. The number of rotatable bonds is 9. The van der Waals surface area contributed by atoms with Crippen LogP contribution in [0.15, 0.2) is 77.1 Å². The number of H-pyrrole nitrogens is 1. The Kier molecular flexibility index (Phi) is 7.02. The summed E-state index contributed by atoms with van der Waals surface area (Å²) in [4.78, 5) is 30.9. The largest absolute Gasteiger partial charge is 0.481 e. The first-order valence-corrected chi connectivity index (χ1v) is 14.5. The highest BCUT2D eigenvalue weighted by Crippen LogP contribution is 2.38. The SMILES string of the molecule is CS(=O)(=O)c1c(Oc2cccc(-c3nc(C(=O)c4cccc(CCC(=O)O)c4)cs3)c2)c(F)cc2[nH]ccc12. The minimum absolute atomic E-state index is 0.0362. The average molecular weight is 565 g/mol. The number of carbonyl (C=O) groups is 2. The van der Waals surface area contributed by atoms with E-state index in [1.54, 1.807) is 60.0 Å². The van der Waals surface area contributed by atoms with Crippen LogP contribution >= 0.6 is 11.3 Å². The molecule has 11 heteroatoms. The summed E-state index contributed by atoms with van der Waals surface area (Å²) in [7, 11) is -3.84. The number of ether oxygens (including phenoxy) is 1. The number of aromatic amines is 1. The van der Waals surface area contributed by atoms with Crippen molar-refractivity contribution < 1.29 is 32.2 Å². The van der Waals surface area contributed by atoms with Gasteiger partial charge >= 0.3 is 5.97 Å². The molecular formula is C28H21FN2O6S2. The van der Waals surface area contributed by atoms with Crippen LogP contribution in [-0.4, -0.2) is 41.5 Å². The topological polar surface area (TPSA) is 126 Å². The molecular weight excluding hydrogens is 543 g/mol. The van der Waals surface area contributed by atoms with Gasteiger partial charge in [-0.25, -0.2) is 17.8 Å². The second-order valence-electron chi connectivity index (χ2n) is 8.82. The van der Waals surface area contributed by atoms with Crippen molar-refractivity contribution in [2.24, 2.45) is 0 Å². The first-order chi connectivity index (χ1) is 18.6. The van der Waals surface area contributed by atoms with Crippen molar-refractivity contribution in [3.8, 4) is 22.1 Å². The third-order valence-corrected chi connectivity index (χ3v) is 7.98. The van der Waals surface area contributed by atoms with Gasteiger partial charge in [-0.2, -0.15) is 0 Å². The van der Waals surface area contributed by atoms with Crippen LogP contribution in [0.4, 0.5) is 4.39 Å². The third-order valence-electron chi connectivity index (χ3n) is 5.94. The summed E-state index contributed by atoms with van der Waals surface area (Å²) in [6.45, 7) is 0. The van der Waals surface area contributed by atoms with Gasteiger partial charge in [0, 0.05) is 52.3 Å². The highest BCUT2D eigenvalue weighted by molar-refractivity contribution is 7.91. The van der Waals surface area contributed by atoms with Crippen molar-refractivity contribution >= 4 is 43.8 Å². The Morgan fingerprint density at radius 1 is 1.10 bits per heavy atom. The highest BCUT2D eigenvalue weighted by atomic mass is 32.2. The van der Waals surface area contributed by atoms with E-state index in [2.05, 4.69) is 9.97 Å². The van der Waals surface area contributed by atoms with Crippen molar-refractivity contribution in [1.82, 2.24) is 9.97 Å². The second kappa shape index (κ2) is 10.4. The Bertz CT molecular complexity index is 1840. The summed E-state index contributed by atoms with van der Waals surface area (Å²) >= 11 is 1.23. The van der Waals surface area contributed by atoms with Gasteiger partial charge in [-0.05, 0) is 36.2 Å². The van der Waals surface area contributed by atoms with Gasteiger partial charge in [0.25, 0.3) is 0 Å². The number of carboxylic acids is 1. The molecule has 0 fully saturated rings. The van der Waals surface area contributed by atoms with Crippen LogP contribution in [0.25, 0.3) is 21.5 Å². The number of aromatic nitrogens is 2. The van der Waals surface area contributed by atoms with Crippen LogP contribution in [0.2, 0.25) is 0 Å². The summed E-state index contributed by atoms with van der Waals surface area (Å²) in [5, 5.41) is 11.4. The number of ketones is 1. The lowest BCUT2D eigenvalue weighted by Crippen LogP contribution is -2.04. The molecule has 39 heavy (non-hydrogen) atoms. The lowest BCUT2D eigenvalue weighted by Gasteiger charge is -2.13. The number of thiazole rings is 1. The van der Waals surface area contributed by atoms with Gasteiger partial charge in [-0.3, -0.25) is 9.59 Å². The predicted molar refractivity (Wildman–Crippen MR) is 145 cm³/mol. The summed E-state index contributed by atoms with van der Waals surface area (Å²) < 4.78 is 45.8. The quantitative estimate of drug-likeness (QED) is 0.214. The Morgan fingerprint density at radius 2 is 1.90 bits per heavy atom. The Balaban J connectivity index is 1.42. The molecule has 0 radical (unpaired) electrons. The average Bonchev–Trinajstić information content (AvgIpc) is 3.57.